The molecule has 1 aliphatic carbocycles. The van der Waals surface area contributed by atoms with Crippen LogP contribution in [0.2, 0.25) is 0 Å². The molecule has 76 valence electrons. The maximum atomic E-state index is 11.5. The Morgan fingerprint density at radius 3 is 2.31 bits per heavy atom. The average molecular weight is 298 g/mol. The number of methoxy groups -OCH3 is 2. The van der Waals surface area contributed by atoms with Crippen molar-refractivity contribution in [2.45, 2.75) is 35.2 Å². The van der Waals surface area contributed by atoms with Gasteiger partial charge in [-0.2, -0.15) is 0 Å². The van der Waals surface area contributed by atoms with Crippen molar-refractivity contribution in [1.29, 1.82) is 0 Å². The highest BCUT2D eigenvalue weighted by molar-refractivity contribution is 14.1. The monoisotopic (exact) mass is 298 g/mol. The van der Waals surface area contributed by atoms with Gasteiger partial charge in [-0.15, -0.1) is 0 Å². The number of ether oxygens (including phenoxy) is 2. The molecule has 0 bridgehead atoms. The molecule has 0 N–H and O–H groups in total. The van der Waals surface area contributed by atoms with Gasteiger partial charge >= 0.3 is 5.97 Å². The minimum Gasteiger partial charge on any atom is -0.467 e. The molecule has 0 amide bonds. The average Bonchev–Trinajstić information content (AvgIpc) is 2.18. The van der Waals surface area contributed by atoms with Crippen LogP contribution in [0.25, 0.3) is 0 Å². The second-order valence-corrected chi connectivity index (χ2v) is 5.13. The molecule has 1 rings (SSSR count). The van der Waals surface area contributed by atoms with Crippen molar-refractivity contribution in [2.75, 3.05) is 14.2 Å². The molecule has 0 radical (unpaired) electrons. The fourth-order valence-corrected chi connectivity index (χ4v) is 2.35. The minimum atomic E-state index is -0.656. The smallest absolute Gasteiger partial charge is 0.338 e. The molecule has 1 saturated carbocycles. The molecule has 0 aromatic rings. The summed E-state index contributed by atoms with van der Waals surface area (Å²) in [5.74, 6) is -0.224. The summed E-state index contributed by atoms with van der Waals surface area (Å²) in [6, 6.07) is 0. The number of rotatable bonds is 2. The van der Waals surface area contributed by atoms with E-state index in [4.69, 9.17) is 9.47 Å². The maximum absolute atomic E-state index is 11.5. The van der Waals surface area contributed by atoms with E-state index in [1.807, 2.05) is 0 Å². The van der Waals surface area contributed by atoms with Crippen LogP contribution in [0.4, 0.5) is 0 Å². The lowest BCUT2D eigenvalue weighted by Crippen LogP contribution is -2.45. The van der Waals surface area contributed by atoms with Crippen LogP contribution < -0.4 is 0 Å². The zero-order valence-electron chi connectivity index (χ0n) is 8.01. The summed E-state index contributed by atoms with van der Waals surface area (Å²) in [5.41, 5.74) is -0.656. The molecular weight excluding hydrogens is 283 g/mol. The largest absolute Gasteiger partial charge is 0.467 e. The fourth-order valence-electron chi connectivity index (χ4n) is 1.73. The Morgan fingerprint density at radius 2 is 1.92 bits per heavy atom. The van der Waals surface area contributed by atoms with Gasteiger partial charge in [0.25, 0.3) is 0 Å². The van der Waals surface area contributed by atoms with Gasteiger partial charge in [0.15, 0.2) is 5.60 Å². The van der Waals surface area contributed by atoms with E-state index in [9.17, 15) is 4.79 Å². The van der Waals surface area contributed by atoms with Crippen LogP contribution in [0.3, 0.4) is 0 Å². The standard InChI is InChI=1S/C9H15IO3/c1-12-8(11)9(13-2)5-3-7(10)4-6-9/h7H,3-6H2,1-2H3. The van der Waals surface area contributed by atoms with Crippen LogP contribution in [-0.4, -0.2) is 29.7 Å². The van der Waals surface area contributed by atoms with E-state index in [-0.39, 0.29) is 5.97 Å². The van der Waals surface area contributed by atoms with Gasteiger partial charge in [-0.25, -0.2) is 4.79 Å². The van der Waals surface area contributed by atoms with Crippen molar-refractivity contribution in [1.82, 2.24) is 0 Å². The number of esters is 1. The molecule has 0 spiro atoms. The number of carbonyl (C=O) groups excluding carboxylic acids is 1. The predicted molar refractivity (Wildman–Crippen MR) is 58.0 cm³/mol. The first-order chi connectivity index (χ1) is 6.14. The molecule has 3 nitrogen and oxygen atoms in total. The molecule has 0 aromatic heterocycles. The number of hydrogen-bond donors (Lipinski definition) is 0. The first-order valence-corrected chi connectivity index (χ1v) is 5.67. The number of alkyl halides is 1. The Hall–Kier alpha value is 0.160. The Bertz CT molecular complexity index is 185. The molecule has 0 heterocycles. The van der Waals surface area contributed by atoms with Crippen molar-refractivity contribution in [3.05, 3.63) is 0 Å². The summed E-state index contributed by atoms with van der Waals surface area (Å²) in [6.45, 7) is 0. The van der Waals surface area contributed by atoms with Gasteiger partial charge in [0, 0.05) is 11.0 Å². The fraction of sp³-hybridized carbons (Fsp3) is 0.889. The van der Waals surface area contributed by atoms with Gasteiger partial charge in [-0.3, -0.25) is 0 Å². The molecule has 13 heavy (non-hydrogen) atoms. The molecule has 0 aromatic carbocycles. The summed E-state index contributed by atoms with van der Waals surface area (Å²) >= 11 is 2.42. The van der Waals surface area contributed by atoms with Crippen molar-refractivity contribution in [3.8, 4) is 0 Å². The van der Waals surface area contributed by atoms with Crippen molar-refractivity contribution in [3.63, 3.8) is 0 Å². The summed E-state index contributed by atoms with van der Waals surface area (Å²) < 4.78 is 10.7. The molecule has 0 atom stereocenters. The first-order valence-electron chi connectivity index (χ1n) is 4.42. The lowest BCUT2D eigenvalue weighted by Gasteiger charge is -2.34. The highest BCUT2D eigenvalue weighted by Crippen LogP contribution is 2.35. The first kappa shape index (κ1) is 11.2. The molecule has 0 unspecified atom stereocenters. The van der Waals surface area contributed by atoms with Crippen LogP contribution in [-0.2, 0) is 14.3 Å². The van der Waals surface area contributed by atoms with E-state index in [0.29, 0.717) is 3.92 Å². The van der Waals surface area contributed by atoms with Gasteiger partial charge in [0.1, 0.15) is 0 Å². The van der Waals surface area contributed by atoms with Gasteiger partial charge in [-0.05, 0) is 25.7 Å². The van der Waals surface area contributed by atoms with E-state index in [0.717, 1.165) is 25.7 Å². The van der Waals surface area contributed by atoms with Crippen LogP contribution in [0.1, 0.15) is 25.7 Å². The third-order valence-corrected chi connectivity index (χ3v) is 3.92. The molecule has 1 fully saturated rings. The Morgan fingerprint density at radius 1 is 1.38 bits per heavy atom. The normalized spacial score (nSPS) is 34.2. The number of hydrogen-bond acceptors (Lipinski definition) is 3. The van der Waals surface area contributed by atoms with E-state index in [1.165, 1.54) is 7.11 Å². The third kappa shape index (κ3) is 2.34. The van der Waals surface area contributed by atoms with Crippen LogP contribution >= 0.6 is 22.6 Å². The quantitative estimate of drug-likeness (QED) is 0.444. The Kier molecular flexibility index (Phi) is 3.97. The van der Waals surface area contributed by atoms with E-state index >= 15 is 0 Å². The highest BCUT2D eigenvalue weighted by atomic mass is 127. The lowest BCUT2D eigenvalue weighted by molar-refractivity contribution is -0.169. The predicted octanol–water partition coefficient (Wildman–Crippen LogP) is 1.92. The zero-order valence-corrected chi connectivity index (χ0v) is 10.2. The number of carbonyl (C=O) groups is 1. The lowest BCUT2D eigenvalue weighted by atomic mass is 9.84. The molecule has 0 saturated heterocycles. The third-order valence-electron chi connectivity index (χ3n) is 2.67. The second kappa shape index (κ2) is 4.59. The zero-order chi connectivity index (χ0) is 9.90. The maximum Gasteiger partial charge on any atom is 0.338 e. The number of halogens is 1. The minimum absolute atomic E-state index is 0.224. The van der Waals surface area contributed by atoms with Crippen LogP contribution in [0.5, 0.6) is 0 Å². The Balaban J connectivity index is 2.65. The summed E-state index contributed by atoms with van der Waals surface area (Å²) in [4.78, 5) is 11.5. The molecule has 0 aliphatic heterocycles. The van der Waals surface area contributed by atoms with Crippen molar-refractivity contribution >= 4 is 28.6 Å². The van der Waals surface area contributed by atoms with E-state index < -0.39 is 5.60 Å². The van der Waals surface area contributed by atoms with Crippen molar-refractivity contribution in [2.24, 2.45) is 0 Å². The topological polar surface area (TPSA) is 35.5 Å². The Labute approximate surface area is 92.3 Å². The van der Waals surface area contributed by atoms with Gasteiger partial charge < -0.3 is 9.47 Å². The molecule has 1 aliphatic rings. The SMILES string of the molecule is COC(=O)C1(OC)CCC(I)CC1. The van der Waals surface area contributed by atoms with Gasteiger partial charge in [0.2, 0.25) is 0 Å². The van der Waals surface area contributed by atoms with E-state index in [2.05, 4.69) is 22.6 Å². The molecule has 4 heteroatoms. The van der Waals surface area contributed by atoms with Crippen molar-refractivity contribution < 1.29 is 14.3 Å². The second-order valence-electron chi connectivity index (χ2n) is 3.36. The summed E-state index contributed by atoms with van der Waals surface area (Å²) in [5, 5.41) is 0. The summed E-state index contributed by atoms with van der Waals surface area (Å²) in [6.07, 6.45) is 3.63. The van der Waals surface area contributed by atoms with Crippen LogP contribution in [0, 0.1) is 0 Å². The van der Waals surface area contributed by atoms with Crippen LogP contribution in [0.15, 0.2) is 0 Å². The van der Waals surface area contributed by atoms with Gasteiger partial charge in [0.05, 0.1) is 7.11 Å². The highest BCUT2D eigenvalue weighted by Gasteiger charge is 2.42. The van der Waals surface area contributed by atoms with E-state index in [1.54, 1.807) is 7.11 Å². The molecular formula is C9H15IO3. The van der Waals surface area contributed by atoms with Gasteiger partial charge in [-0.1, -0.05) is 22.6 Å². The summed E-state index contributed by atoms with van der Waals surface area (Å²) in [7, 11) is 3.00.